The Labute approximate surface area is 184 Å². The lowest BCUT2D eigenvalue weighted by atomic mass is 9.96. The maximum absolute atomic E-state index is 11.8. The van der Waals surface area contributed by atoms with Gasteiger partial charge in [0.15, 0.2) is 0 Å². The minimum Gasteiger partial charge on any atom is -0.447 e. The van der Waals surface area contributed by atoms with Crippen molar-refractivity contribution < 1.29 is 14.3 Å². The number of benzene rings is 2. The van der Waals surface area contributed by atoms with Gasteiger partial charge in [0.05, 0.1) is 6.10 Å². The quantitative estimate of drug-likeness (QED) is 0.711. The Bertz CT molecular complexity index is 922. The number of anilines is 2. The molecule has 2 aromatic carbocycles. The van der Waals surface area contributed by atoms with E-state index >= 15 is 0 Å². The van der Waals surface area contributed by atoms with Gasteiger partial charge in [0.25, 0.3) is 0 Å². The summed E-state index contributed by atoms with van der Waals surface area (Å²) in [6.07, 6.45) is 4.01. The number of hydrogen-bond acceptors (Lipinski definition) is 4. The number of nitrogens with two attached hydrogens (primary N) is 1. The number of aryl methyl sites for hydroxylation is 1. The molecule has 2 amide bonds. The largest absolute Gasteiger partial charge is 0.447 e. The minimum absolute atomic E-state index is 0.0995. The molecular formula is C25H33N3O3. The number of carbonyl (C=O) groups excluding carboxylic acids is 2. The van der Waals surface area contributed by atoms with Crippen molar-refractivity contribution in [3.63, 3.8) is 0 Å². The molecule has 0 saturated heterocycles. The monoisotopic (exact) mass is 423 g/mol. The second kappa shape index (κ2) is 10.3. The molecule has 166 valence electrons. The van der Waals surface area contributed by atoms with E-state index in [-0.39, 0.29) is 12.0 Å². The van der Waals surface area contributed by atoms with Crippen LogP contribution >= 0.6 is 0 Å². The second-order valence-electron chi connectivity index (χ2n) is 8.51. The van der Waals surface area contributed by atoms with Crippen LogP contribution in [0.25, 0.3) is 11.1 Å². The van der Waals surface area contributed by atoms with Gasteiger partial charge in [-0.3, -0.25) is 4.79 Å². The fourth-order valence-electron chi connectivity index (χ4n) is 3.73. The van der Waals surface area contributed by atoms with Gasteiger partial charge in [0.1, 0.15) is 0 Å². The summed E-state index contributed by atoms with van der Waals surface area (Å²) in [5, 5.41) is 3.55. The van der Waals surface area contributed by atoms with Gasteiger partial charge in [-0.25, -0.2) is 4.79 Å². The van der Waals surface area contributed by atoms with Crippen LogP contribution in [0, 0.1) is 5.92 Å². The van der Waals surface area contributed by atoms with Gasteiger partial charge in [0.2, 0.25) is 5.91 Å². The third-order valence-corrected chi connectivity index (χ3v) is 5.42. The first-order valence-corrected chi connectivity index (χ1v) is 11.0. The molecule has 1 aliphatic heterocycles. The fraction of sp³-hybridized carbons (Fsp3) is 0.440. The number of carbonyl (C=O) groups is 2. The zero-order valence-corrected chi connectivity index (χ0v) is 18.7. The van der Waals surface area contributed by atoms with E-state index in [1.807, 2.05) is 4.90 Å². The molecule has 4 rings (SSSR count). The third kappa shape index (κ3) is 6.74. The third-order valence-electron chi connectivity index (χ3n) is 5.42. The van der Waals surface area contributed by atoms with Crippen LogP contribution in [0.1, 0.15) is 45.6 Å². The van der Waals surface area contributed by atoms with Gasteiger partial charge >= 0.3 is 6.09 Å². The zero-order valence-electron chi connectivity index (χ0n) is 18.7. The number of nitrogens with one attached hydrogen (secondary N) is 1. The van der Waals surface area contributed by atoms with E-state index in [1.54, 1.807) is 20.8 Å². The SMILES string of the molecule is CC(=O)N1CCCc2cc(-c3cccc(NCC4CC4)c3)ccc21.CC(C)OC(N)=O. The molecule has 0 aromatic heterocycles. The van der Waals surface area contributed by atoms with Crippen LogP contribution in [0.3, 0.4) is 0 Å². The number of ether oxygens (including phenoxy) is 1. The van der Waals surface area contributed by atoms with Crippen molar-refractivity contribution in [3.8, 4) is 11.1 Å². The maximum Gasteiger partial charge on any atom is 0.404 e. The van der Waals surface area contributed by atoms with Crippen molar-refractivity contribution in [2.24, 2.45) is 11.7 Å². The van der Waals surface area contributed by atoms with Gasteiger partial charge in [-0.1, -0.05) is 18.2 Å². The van der Waals surface area contributed by atoms with Crippen molar-refractivity contribution in [1.29, 1.82) is 0 Å². The Kier molecular flexibility index (Phi) is 7.55. The van der Waals surface area contributed by atoms with E-state index in [0.717, 1.165) is 37.5 Å². The van der Waals surface area contributed by atoms with Crippen LogP contribution in [0.15, 0.2) is 42.5 Å². The first-order valence-electron chi connectivity index (χ1n) is 11.0. The number of hydrogen-bond donors (Lipinski definition) is 2. The van der Waals surface area contributed by atoms with Crippen molar-refractivity contribution in [2.75, 3.05) is 23.3 Å². The molecule has 2 aromatic rings. The molecule has 6 nitrogen and oxygen atoms in total. The Morgan fingerprint density at radius 1 is 1.16 bits per heavy atom. The Balaban J connectivity index is 0.000000339. The van der Waals surface area contributed by atoms with Crippen LogP contribution in [0.2, 0.25) is 0 Å². The number of rotatable bonds is 5. The molecule has 0 unspecified atom stereocenters. The molecular weight excluding hydrogens is 390 g/mol. The van der Waals surface area contributed by atoms with Crippen LogP contribution in [0.4, 0.5) is 16.2 Å². The first-order chi connectivity index (χ1) is 14.8. The molecule has 3 N–H and O–H groups in total. The molecule has 31 heavy (non-hydrogen) atoms. The summed E-state index contributed by atoms with van der Waals surface area (Å²) in [6, 6.07) is 15.2. The van der Waals surface area contributed by atoms with E-state index < -0.39 is 6.09 Å². The number of nitrogens with zero attached hydrogens (tertiary/aromatic N) is 1. The van der Waals surface area contributed by atoms with Crippen LogP contribution in [0.5, 0.6) is 0 Å². The van der Waals surface area contributed by atoms with Crippen LogP contribution in [-0.2, 0) is 16.0 Å². The van der Waals surface area contributed by atoms with Crippen molar-refractivity contribution in [1.82, 2.24) is 0 Å². The maximum atomic E-state index is 11.8. The highest BCUT2D eigenvalue weighted by atomic mass is 16.6. The van der Waals surface area contributed by atoms with E-state index in [9.17, 15) is 9.59 Å². The average Bonchev–Trinajstić information content (AvgIpc) is 3.55. The zero-order chi connectivity index (χ0) is 22.4. The lowest BCUT2D eigenvalue weighted by molar-refractivity contribution is -0.116. The molecule has 6 heteroatoms. The lowest BCUT2D eigenvalue weighted by Crippen LogP contribution is -2.33. The molecule has 1 fully saturated rings. The second-order valence-corrected chi connectivity index (χ2v) is 8.51. The molecule has 0 bridgehead atoms. The lowest BCUT2D eigenvalue weighted by Gasteiger charge is -2.29. The minimum atomic E-state index is -0.713. The summed E-state index contributed by atoms with van der Waals surface area (Å²) in [4.78, 5) is 23.5. The Morgan fingerprint density at radius 3 is 2.52 bits per heavy atom. The number of primary amides is 1. The van der Waals surface area contributed by atoms with Gasteiger partial charge in [-0.2, -0.15) is 0 Å². The number of fused-ring (bicyclic) bond motifs is 1. The first kappa shape index (κ1) is 22.7. The smallest absolute Gasteiger partial charge is 0.404 e. The van der Waals surface area contributed by atoms with Gasteiger partial charge in [0, 0.05) is 31.4 Å². The van der Waals surface area contributed by atoms with Crippen molar-refractivity contribution in [2.45, 2.75) is 52.6 Å². The molecule has 1 aliphatic carbocycles. The summed E-state index contributed by atoms with van der Waals surface area (Å²) >= 11 is 0. The predicted octanol–water partition coefficient (Wildman–Crippen LogP) is 4.96. The predicted molar refractivity (Wildman–Crippen MR) is 125 cm³/mol. The Hall–Kier alpha value is -3.02. The summed E-state index contributed by atoms with van der Waals surface area (Å²) in [6.45, 7) is 7.05. The van der Waals surface area contributed by atoms with Gasteiger partial charge in [-0.05, 0) is 86.4 Å². The molecule has 2 aliphatic rings. The molecule has 1 heterocycles. The van der Waals surface area contributed by atoms with E-state index in [0.29, 0.717) is 0 Å². The molecule has 0 spiro atoms. The van der Waals surface area contributed by atoms with Gasteiger partial charge < -0.3 is 20.7 Å². The van der Waals surface area contributed by atoms with Crippen molar-refractivity contribution in [3.05, 3.63) is 48.0 Å². The van der Waals surface area contributed by atoms with E-state index in [1.165, 1.54) is 35.2 Å². The van der Waals surface area contributed by atoms with Crippen LogP contribution in [-0.4, -0.2) is 31.2 Å². The molecule has 0 radical (unpaired) electrons. The normalized spacial score (nSPS) is 14.9. The summed E-state index contributed by atoms with van der Waals surface area (Å²) in [7, 11) is 0. The summed E-state index contributed by atoms with van der Waals surface area (Å²) in [5.74, 6) is 1.00. The highest BCUT2D eigenvalue weighted by Crippen LogP contribution is 2.33. The van der Waals surface area contributed by atoms with Gasteiger partial charge in [-0.15, -0.1) is 0 Å². The highest BCUT2D eigenvalue weighted by molar-refractivity contribution is 5.93. The highest BCUT2D eigenvalue weighted by Gasteiger charge is 2.21. The Morgan fingerprint density at radius 2 is 1.90 bits per heavy atom. The topological polar surface area (TPSA) is 84.7 Å². The van der Waals surface area contributed by atoms with E-state index in [4.69, 9.17) is 0 Å². The summed E-state index contributed by atoms with van der Waals surface area (Å²) in [5.41, 5.74) is 10.7. The summed E-state index contributed by atoms with van der Waals surface area (Å²) < 4.78 is 4.39. The number of amides is 2. The average molecular weight is 424 g/mol. The standard InChI is InChI=1S/C21H24N2O.C4H9NO2/c1-15(24)23-11-3-5-19-12-18(9-10-21(19)23)17-4-2-6-20(13-17)22-14-16-7-8-16;1-3(2)7-4(5)6/h2,4,6,9-10,12-13,16,22H,3,5,7-8,11,14H2,1H3;3H,1-2H3,(H2,5,6). The van der Waals surface area contributed by atoms with E-state index in [2.05, 4.69) is 58.3 Å². The van der Waals surface area contributed by atoms with Crippen molar-refractivity contribution >= 4 is 23.4 Å². The fourth-order valence-corrected chi connectivity index (χ4v) is 3.73. The van der Waals surface area contributed by atoms with Crippen LogP contribution < -0.4 is 16.0 Å². The molecule has 0 atom stereocenters. The molecule has 1 saturated carbocycles.